The molecule has 1 heterocycles. The predicted molar refractivity (Wildman–Crippen MR) is 145 cm³/mol. The number of hydrogen-bond acceptors (Lipinski definition) is 6. The number of carbonyl (C=O) groups excluding carboxylic acids is 3. The smallest absolute Gasteiger partial charge is 0.338 e. The number of halogens is 1. The molecule has 1 N–H and O–H groups in total. The summed E-state index contributed by atoms with van der Waals surface area (Å²) in [5.74, 6) is -2.63. The van der Waals surface area contributed by atoms with E-state index in [1.54, 1.807) is 44.2 Å². The van der Waals surface area contributed by atoms with E-state index in [0.717, 1.165) is 5.56 Å². The second-order valence-electron chi connectivity index (χ2n) is 8.94. The van der Waals surface area contributed by atoms with Gasteiger partial charge in [-0.15, -0.1) is 0 Å². The van der Waals surface area contributed by atoms with Crippen molar-refractivity contribution in [2.75, 3.05) is 6.61 Å². The summed E-state index contributed by atoms with van der Waals surface area (Å²) in [6, 6.07) is 20.2. The molecule has 4 aromatic rings. The number of fused-ring (bicyclic) bond motifs is 1. The first-order valence-corrected chi connectivity index (χ1v) is 12.6. The third-order valence-electron chi connectivity index (χ3n) is 6.31. The van der Waals surface area contributed by atoms with Gasteiger partial charge in [-0.25, -0.2) is 4.79 Å². The average Bonchev–Trinajstić information content (AvgIpc) is 3.18. The summed E-state index contributed by atoms with van der Waals surface area (Å²) < 4.78 is 12.1. The van der Waals surface area contributed by atoms with E-state index in [2.05, 4.69) is 0 Å². The molecular weight excluding hydrogens is 522 g/mol. The van der Waals surface area contributed by atoms with Crippen molar-refractivity contribution in [1.29, 1.82) is 0 Å². The number of carbonyl (C=O) groups is 4. The number of nitrogens with zero attached hydrogens (tertiary/aromatic N) is 1. The minimum Gasteiger partial charge on any atom is -0.481 e. The summed E-state index contributed by atoms with van der Waals surface area (Å²) in [5.41, 5.74) is 2.71. The fourth-order valence-corrected chi connectivity index (χ4v) is 4.45. The molecule has 1 atom stereocenters. The lowest BCUT2D eigenvalue weighted by atomic mass is 10.1. The maximum absolute atomic E-state index is 13.3. The highest BCUT2D eigenvalue weighted by Gasteiger charge is 2.23. The second kappa shape index (κ2) is 12.0. The predicted octanol–water partition coefficient (Wildman–Crippen LogP) is 5.77. The number of esters is 2. The average molecular weight is 548 g/mol. The minimum absolute atomic E-state index is 0.125. The van der Waals surface area contributed by atoms with Crippen LogP contribution in [0, 0.1) is 6.92 Å². The zero-order valence-corrected chi connectivity index (χ0v) is 22.1. The molecule has 0 bridgehead atoms. The van der Waals surface area contributed by atoms with Gasteiger partial charge < -0.3 is 14.6 Å². The fourth-order valence-electron chi connectivity index (χ4n) is 4.33. The molecule has 4 rings (SSSR count). The molecule has 8 nitrogen and oxygen atoms in total. The summed E-state index contributed by atoms with van der Waals surface area (Å²) in [6.45, 7) is 3.23. The molecule has 3 aromatic carbocycles. The number of aliphatic carboxylic acids is 1. The highest BCUT2D eigenvalue weighted by atomic mass is 35.5. The van der Waals surface area contributed by atoms with Gasteiger partial charge in [0, 0.05) is 21.7 Å². The lowest BCUT2D eigenvalue weighted by Crippen LogP contribution is -2.14. The van der Waals surface area contributed by atoms with Crippen molar-refractivity contribution < 1.29 is 33.8 Å². The van der Waals surface area contributed by atoms with Crippen LogP contribution in [-0.4, -0.2) is 40.1 Å². The topological polar surface area (TPSA) is 112 Å². The largest absolute Gasteiger partial charge is 0.481 e. The Balaban J connectivity index is 1.51. The Labute approximate surface area is 229 Å². The van der Waals surface area contributed by atoms with Gasteiger partial charge in [0.2, 0.25) is 0 Å². The highest BCUT2D eigenvalue weighted by molar-refractivity contribution is 6.30. The van der Waals surface area contributed by atoms with Crippen molar-refractivity contribution in [2.45, 2.75) is 32.8 Å². The number of benzene rings is 3. The van der Waals surface area contributed by atoms with Gasteiger partial charge in [-0.1, -0.05) is 41.9 Å². The number of carboxylic acids is 1. The Morgan fingerprint density at radius 1 is 0.949 bits per heavy atom. The summed E-state index contributed by atoms with van der Waals surface area (Å²) in [5, 5.41) is 10.4. The molecule has 0 radical (unpaired) electrons. The van der Waals surface area contributed by atoms with E-state index in [-0.39, 0.29) is 30.9 Å². The Morgan fingerprint density at radius 3 is 2.28 bits per heavy atom. The van der Waals surface area contributed by atoms with Gasteiger partial charge in [0.1, 0.15) is 12.7 Å². The zero-order valence-electron chi connectivity index (χ0n) is 21.3. The van der Waals surface area contributed by atoms with E-state index in [4.69, 9.17) is 21.1 Å². The molecule has 200 valence electrons. The lowest BCUT2D eigenvalue weighted by molar-refractivity contribution is -0.149. The molecule has 0 saturated heterocycles. The summed E-state index contributed by atoms with van der Waals surface area (Å²) in [4.78, 5) is 49.9. The monoisotopic (exact) mass is 547 g/mol. The van der Waals surface area contributed by atoms with Crippen molar-refractivity contribution in [3.05, 3.63) is 106 Å². The summed E-state index contributed by atoms with van der Waals surface area (Å²) in [7, 11) is 0. The summed E-state index contributed by atoms with van der Waals surface area (Å²) in [6.07, 6.45) is -0.902. The molecule has 0 aliphatic rings. The van der Waals surface area contributed by atoms with Crippen LogP contribution in [0.4, 0.5) is 0 Å². The van der Waals surface area contributed by atoms with Gasteiger partial charge in [-0.05, 0) is 67.4 Å². The molecule has 0 saturated carbocycles. The molecular formula is C30H26ClNO7. The quantitative estimate of drug-likeness (QED) is 0.265. The van der Waals surface area contributed by atoms with Crippen molar-refractivity contribution in [2.24, 2.45) is 0 Å². The van der Waals surface area contributed by atoms with Crippen LogP contribution in [0.5, 0.6) is 0 Å². The van der Waals surface area contributed by atoms with Crippen molar-refractivity contribution in [1.82, 2.24) is 4.57 Å². The third kappa shape index (κ3) is 6.35. The molecule has 1 aromatic heterocycles. The van der Waals surface area contributed by atoms with Crippen LogP contribution in [0.25, 0.3) is 10.9 Å². The number of hydrogen-bond donors (Lipinski definition) is 1. The van der Waals surface area contributed by atoms with Gasteiger partial charge in [-0.3, -0.25) is 19.0 Å². The van der Waals surface area contributed by atoms with E-state index in [1.165, 1.54) is 16.7 Å². The van der Waals surface area contributed by atoms with Gasteiger partial charge in [0.05, 0.1) is 23.9 Å². The minimum atomic E-state index is -1.08. The van der Waals surface area contributed by atoms with E-state index in [1.807, 2.05) is 30.3 Å². The van der Waals surface area contributed by atoms with E-state index < -0.39 is 24.0 Å². The van der Waals surface area contributed by atoms with E-state index in [9.17, 15) is 24.3 Å². The number of ether oxygens (including phenoxy) is 2. The van der Waals surface area contributed by atoms with E-state index in [0.29, 0.717) is 32.7 Å². The Bertz CT molecular complexity index is 1540. The normalized spacial score (nSPS) is 11.7. The zero-order chi connectivity index (χ0) is 28.1. The maximum atomic E-state index is 13.3. The Morgan fingerprint density at radius 2 is 1.62 bits per heavy atom. The van der Waals surface area contributed by atoms with Gasteiger partial charge in [0.15, 0.2) is 0 Å². The first-order valence-electron chi connectivity index (χ1n) is 12.2. The molecule has 0 amide bonds. The third-order valence-corrected chi connectivity index (χ3v) is 6.56. The van der Waals surface area contributed by atoms with Crippen molar-refractivity contribution in [3.63, 3.8) is 0 Å². The molecule has 39 heavy (non-hydrogen) atoms. The van der Waals surface area contributed by atoms with Crippen LogP contribution in [-0.2, 0) is 25.5 Å². The summed E-state index contributed by atoms with van der Waals surface area (Å²) >= 11 is 5.95. The molecule has 0 spiro atoms. The number of carboxylic acid groups (broad SMARTS) is 1. The highest BCUT2D eigenvalue weighted by Crippen LogP contribution is 2.29. The SMILES string of the molecule is Cc1c(CC(=O)O)c2cc(C(=O)OCCC(=O)OC(C)c3ccccc3)ccc2n1C(=O)c1ccc(Cl)cc1. The molecule has 0 aliphatic carbocycles. The van der Waals surface area contributed by atoms with Gasteiger partial charge in [-0.2, -0.15) is 0 Å². The Kier molecular flexibility index (Phi) is 8.46. The maximum Gasteiger partial charge on any atom is 0.338 e. The molecule has 0 aliphatic heterocycles. The number of rotatable bonds is 9. The van der Waals surface area contributed by atoms with Crippen LogP contribution in [0.15, 0.2) is 72.8 Å². The standard InChI is InChI=1S/C30H26ClNO7/c1-18-24(17-27(33)34)25-16-22(10-13-26(25)32(18)29(36)21-8-11-23(31)12-9-21)30(37)38-15-14-28(35)39-19(2)20-6-4-3-5-7-20/h3-13,16,19H,14-15,17H2,1-2H3,(H,33,34). The molecule has 0 fully saturated rings. The Hall–Kier alpha value is -4.43. The van der Waals surface area contributed by atoms with Crippen LogP contribution < -0.4 is 0 Å². The van der Waals surface area contributed by atoms with Crippen molar-refractivity contribution in [3.8, 4) is 0 Å². The fraction of sp³-hybridized carbons (Fsp3) is 0.200. The van der Waals surface area contributed by atoms with Crippen LogP contribution in [0.1, 0.15) is 57.0 Å². The second-order valence-corrected chi connectivity index (χ2v) is 9.38. The van der Waals surface area contributed by atoms with Crippen LogP contribution in [0.3, 0.4) is 0 Å². The van der Waals surface area contributed by atoms with Gasteiger partial charge in [0.25, 0.3) is 5.91 Å². The molecule has 1 unspecified atom stereocenters. The lowest BCUT2D eigenvalue weighted by Gasteiger charge is -2.13. The first kappa shape index (κ1) is 27.6. The first-order chi connectivity index (χ1) is 18.7. The van der Waals surface area contributed by atoms with Gasteiger partial charge >= 0.3 is 17.9 Å². The van der Waals surface area contributed by atoms with E-state index >= 15 is 0 Å². The van der Waals surface area contributed by atoms with Crippen LogP contribution in [0.2, 0.25) is 5.02 Å². The van der Waals surface area contributed by atoms with Crippen LogP contribution >= 0.6 is 11.6 Å². The van der Waals surface area contributed by atoms with Crippen molar-refractivity contribution >= 4 is 46.3 Å². The molecule has 9 heteroatoms. The number of aromatic nitrogens is 1.